The number of carbonyl (C=O) groups excluding carboxylic acids is 3. The number of aliphatic carboxylic acids is 1. The van der Waals surface area contributed by atoms with Gasteiger partial charge in [0.1, 0.15) is 24.9 Å². The summed E-state index contributed by atoms with van der Waals surface area (Å²) in [7, 11) is 1.26. The van der Waals surface area contributed by atoms with Crippen LogP contribution in [0.25, 0.3) is 0 Å². The second kappa shape index (κ2) is 7.80. The van der Waals surface area contributed by atoms with Gasteiger partial charge in [0.2, 0.25) is 0 Å². The highest BCUT2D eigenvalue weighted by molar-refractivity contribution is 7.13. The van der Waals surface area contributed by atoms with Gasteiger partial charge in [0.15, 0.2) is 10.8 Å². The average Bonchev–Trinajstić information content (AvgIpc) is 3.31. The zero-order valence-corrected chi connectivity index (χ0v) is 15.6. The first kappa shape index (κ1) is 19.5. The third kappa shape index (κ3) is 3.60. The molecule has 1 aromatic heterocycles. The highest BCUT2D eigenvalue weighted by atomic mass is 32.1. The summed E-state index contributed by atoms with van der Waals surface area (Å²) in [5, 5.41) is 17.0. The van der Waals surface area contributed by atoms with Crippen molar-refractivity contribution in [3.05, 3.63) is 11.1 Å². The number of carbonyl (C=O) groups is 4. The molecule has 2 fully saturated rings. The summed E-state index contributed by atoms with van der Waals surface area (Å²) in [4.78, 5) is 59.1. The first-order valence-corrected chi connectivity index (χ1v) is 9.19. The predicted molar refractivity (Wildman–Crippen MR) is 96.5 cm³/mol. The van der Waals surface area contributed by atoms with Crippen molar-refractivity contribution >= 4 is 46.0 Å². The van der Waals surface area contributed by atoms with E-state index < -0.39 is 35.9 Å². The molecule has 12 nitrogen and oxygen atoms in total. The number of likely N-dealkylation sites (tertiary alicyclic amines) is 2. The minimum atomic E-state index is -1.10. The van der Waals surface area contributed by atoms with E-state index in [1.807, 2.05) is 0 Å². The Kier molecular flexibility index (Phi) is 5.44. The van der Waals surface area contributed by atoms with Crippen LogP contribution in [0.2, 0.25) is 0 Å². The molecule has 0 spiro atoms. The maximum Gasteiger partial charge on any atom is 0.327 e. The molecular weight excluding hydrogens is 392 g/mol. The molecule has 150 valence electrons. The quantitative estimate of drug-likeness (QED) is 0.318. The third-order valence-corrected chi connectivity index (χ3v) is 5.09. The van der Waals surface area contributed by atoms with E-state index in [1.165, 1.54) is 12.5 Å². The number of nitrogen functional groups attached to an aromatic ring is 1. The van der Waals surface area contributed by atoms with Crippen molar-refractivity contribution in [1.82, 2.24) is 20.1 Å². The Hall–Kier alpha value is -3.22. The summed E-state index contributed by atoms with van der Waals surface area (Å²) in [5.41, 5.74) is 5.60. The molecular formula is C15H18N6O6S. The number of rotatable bonds is 5. The highest BCUT2D eigenvalue weighted by Gasteiger charge is 2.46. The standard InChI is InChI=1S/C15H18N6O6S/c1-27-19-10(8-6-28-14(16)18-8)11(22)17-7-5-21(12(7)23)15(26)20-4-2-3-9(20)13(24)25/h6-7,9H,2-5H2,1H3,(H2,16,18)(H,17,22)(H,24,25)/t7-,9?/m0/s1. The van der Waals surface area contributed by atoms with Gasteiger partial charge in [-0.25, -0.2) is 14.6 Å². The number of imide groups is 1. The van der Waals surface area contributed by atoms with Crippen LogP contribution >= 0.6 is 11.3 Å². The first-order chi connectivity index (χ1) is 13.3. The molecule has 4 amide bonds. The molecule has 0 aliphatic carbocycles. The lowest BCUT2D eigenvalue weighted by Gasteiger charge is -2.39. The fourth-order valence-electron chi connectivity index (χ4n) is 3.03. The SMILES string of the molecule is CON=C(C(=O)N[C@H]1CN(C(=O)N2CCCC2C(=O)O)C1=O)c1csc(N)n1. The Labute approximate surface area is 162 Å². The lowest BCUT2D eigenvalue weighted by atomic mass is 10.1. The van der Waals surface area contributed by atoms with E-state index in [0.717, 1.165) is 21.1 Å². The molecule has 3 heterocycles. The number of hydrogen-bond donors (Lipinski definition) is 3. The molecule has 13 heteroatoms. The van der Waals surface area contributed by atoms with E-state index in [-0.39, 0.29) is 29.6 Å². The Balaban J connectivity index is 1.62. The zero-order chi connectivity index (χ0) is 20.4. The maximum absolute atomic E-state index is 12.4. The second-order valence-corrected chi connectivity index (χ2v) is 7.03. The number of anilines is 1. The summed E-state index contributed by atoms with van der Waals surface area (Å²) < 4.78 is 0. The zero-order valence-electron chi connectivity index (χ0n) is 14.8. The lowest BCUT2D eigenvalue weighted by molar-refractivity contribution is -0.145. The number of nitrogens with zero attached hydrogens (tertiary/aromatic N) is 4. The van der Waals surface area contributed by atoms with Gasteiger partial charge in [-0.1, -0.05) is 5.16 Å². The summed E-state index contributed by atoms with van der Waals surface area (Å²) >= 11 is 1.11. The molecule has 2 aliphatic heterocycles. The maximum atomic E-state index is 12.4. The van der Waals surface area contributed by atoms with Gasteiger partial charge in [0.05, 0.1) is 6.54 Å². The van der Waals surface area contributed by atoms with Crippen molar-refractivity contribution in [1.29, 1.82) is 0 Å². The summed E-state index contributed by atoms with van der Waals surface area (Å²) in [6.07, 6.45) is 0.898. The fraction of sp³-hybridized carbons (Fsp3) is 0.467. The fourth-order valence-corrected chi connectivity index (χ4v) is 3.58. The number of carboxylic acid groups (broad SMARTS) is 1. The molecule has 2 atom stereocenters. The van der Waals surface area contributed by atoms with Gasteiger partial charge >= 0.3 is 12.0 Å². The van der Waals surface area contributed by atoms with Crippen molar-refractivity contribution in [2.75, 3.05) is 25.9 Å². The van der Waals surface area contributed by atoms with Crippen LogP contribution in [0.4, 0.5) is 9.93 Å². The van der Waals surface area contributed by atoms with Crippen molar-refractivity contribution < 1.29 is 29.1 Å². The van der Waals surface area contributed by atoms with Crippen LogP contribution in [0, 0.1) is 0 Å². The van der Waals surface area contributed by atoms with Crippen LogP contribution in [0.15, 0.2) is 10.5 Å². The number of carboxylic acids is 1. The van der Waals surface area contributed by atoms with E-state index in [2.05, 4.69) is 20.3 Å². The molecule has 0 saturated carbocycles. The molecule has 4 N–H and O–H groups in total. The molecule has 3 rings (SSSR count). The number of urea groups is 1. The average molecular weight is 410 g/mol. The van der Waals surface area contributed by atoms with Crippen LogP contribution < -0.4 is 11.1 Å². The molecule has 0 bridgehead atoms. The van der Waals surface area contributed by atoms with E-state index in [0.29, 0.717) is 12.8 Å². The molecule has 1 unspecified atom stereocenters. The van der Waals surface area contributed by atoms with E-state index in [9.17, 15) is 24.3 Å². The summed E-state index contributed by atoms with van der Waals surface area (Å²) in [5.74, 6) is -2.43. The molecule has 28 heavy (non-hydrogen) atoms. The van der Waals surface area contributed by atoms with E-state index in [1.54, 1.807) is 0 Å². The van der Waals surface area contributed by atoms with Gasteiger partial charge in [0, 0.05) is 11.9 Å². The summed E-state index contributed by atoms with van der Waals surface area (Å²) in [6, 6.07) is -2.54. The number of β-lactam (4-membered cyclic amide) rings is 1. The Morgan fingerprint density at radius 1 is 1.46 bits per heavy atom. The van der Waals surface area contributed by atoms with Gasteiger partial charge in [-0.3, -0.25) is 14.5 Å². The summed E-state index contributed by atoms with van der Waals surface area (Å²) in [6.45, 7) is 0.207. The van der Waals surface area contributed by atoms with E-state index in [4.69, 9.17) is 5.73 Å². The Bertz CT molecular complexity index is 854. The van der Waals surface area contributed by atoms with Gasteiger partial charge < -0.3 is 25.9 Å². The monoisotopic (exact) mass is 410 g/mol. The van der Waals surface area contributed by atoms with Crippen LogP contribution in [-0.2, 0) is 19.2 Å². The largest absolute Gasteiger partial charge is 0.480 e. The molecule has 1 aromatic rings. The van der Waals surface area contributed by atoms with Crippen molar-refractivity contribution in [2.24, 2.45) is 5.16 Å². The number of amides is 4. The van der Waals surface area contributed by atoms with Crippen molar-refractivity contribution in [3.63, 3.8) is 0 Å². The molecule has 0 radical (unpaired) electrons. The molecule has 2 aliphatic rings. The van der Waals surface area contributed by atoms with Gasteiger partial charge in [0.25, 0.3) is 11.8 Å². The Morgan fingerprint density at radius 2 is 2.21 bits per heavy atom. The number of nitrogens with one attached hydrogen (secondary N) is 1. The predicted octanol–water partition coefficient (Wildman–Crippen LogP) is -0.928. The van der Waals surface area contributed by atoms with Crippen LogP contribution in [0.3, 0.4) is 0 Å². The topological polar surface area (TPSA) is 168 Å². The minimum absolute atomic E-state index is 0.0638. The van der Waals surface area contributed by atoms with E-state index >= 15 is 0 Å². The highest BCUT2D eigenvalue weighted by Crippen LogP contribution is 2.22. The second-order valence-electron chi connectivity index (χ2n) is 6.14. The smallest absolute Gasteiger partial charge is 0.327 e. The van der Waals surface area contributed by atoms with Gasteiger partial charge in [-0.05, 0) is 12.8 Å². The first-order valence-electron chi connectivity index (χ1n) is 8.31. The van der Waals surface area contributed by atoms with Crippen LogP contribution in [0.1, 0.15) is 18.5 Å². The van der Waals surface area contributed by atoms with Crippen LogP contribution in [0.5, 0.6) is 0 Å². The van der Waals surface area contributed by atoms with Crippen molar-refractivity contribution in [3.8, 4) is 0 Å². The normalized spacial score (nSPS) is 22.0. The third-order valence-electron chi connectivity index (χ3n) is 4.41. The molecule has 2 saturated heterocycles. The lowest BCUT2D eigenvalue weighted by Crippen LogP contribution is -2.68. The Morgan fingerprint density at radius 3 is 2.79 bits per heavy atom. The number of aromatic nitrogens is 1. The number of hydrogen-bond acceptors (Lipinski definition) is 9. The van der Waals surface area contributed by atoms with Gasteiger partial charge in [-0.2, -0.15) is 0 Å². The molecule has 0 aromatic carbocycles. The number of nitrogens with two attached hydrogens (primary N) is 1. The van der Waals surface area contributed by atoms with Gasteiger partial charge in [-0.15, -0.1) is 11.3 Å². The number of thiazole rings is 1. The number of oxime groups is 1. The van der Waals surface area contributed by atoms with Crippen molar-refractivity contribution in [2.45, 2.75) is 24.9 Å². The van der Waals surface area contributed by atoms with Crippen LogP contribution in [-0.4, -0.2) is 81.7 Å². The minimum Gasteiger partial charge on any atom is -0.480 e.